The van der Waals surface area contributed by atoms with Gasteiger partial charge in [-0.15, -0.1) is 0 Å². The summed E-state index contributed by atoms with van der Waals surface area (Å²) >= 11 is 0. The number of para-hydroxylation sites is 1. The Balaban J connectivity index is 1.40. The zero-order valence-electron chi connectivity index (χ0n) is 21.3. The van der Waals surface area contributed by atoms with Crippen molar-refractivity contribution in [2.75, 3.05) is 31.5 Å². The quantitative estimate of drug-likeness (QED) is 0.352. The second-order valence-electron chi connectivity index (χ2n) is 8.17. The molecule has 0 saturated carbocycles. The standard InChI is InChI=1S/C28H30N2O7/c1-18-6-5-7-19(2)28(18)37-21-10-8-20(9-11-21)29-25(31)14-15-27(33)36-17-26(32)30-23-13-12-22(34-3)16-24(23)35-4/h5-13,16H,14-15,17H2,1-4H3,(H,29,31)(H,30,32). The summed E-state index contributed by atoms with van der Waals surface area (Å²) in [6, 6.07) is 17.8. The average molecular weight is 507 g/mol. The van der Waals surface area contributed by atoms with Crippen molar-refractivity contribution in [3.63, 3.8) is 0 Å². The highest BCUT2D eigenvalue weighted by Crippen LogP contribution is 2.30. The third-order valence-corrected chi connectivity index (χ3v) is 5.37. The van der Waals surface area contributed by atoms with Crippen molar-refractivity contribution in [1.82, 2.24) is 0 Å². The second-order valence-corrected chi connectivity index (χ2v) is 8.17. The molecule has 9 nitrogen and oxygen atoms in total. The molecule has 0 heterocycles. The van der Waals surface area contributed by atoms with Crippen LogP contribution in [0.5, 0.6) is 23.0 Å². The Morgan fingerprint density at radius 2 is 1.43 bits per heavy atom. The Kier molecular flexibility index (Phi) is 9.48. The van der Waals surface area contributed by atoms with E-state index in [0.29, 0.717) is 28.6 Å². The summed E-state index contributed by atoms with van der Waals surface area (Å²) in [5.41, 5.74) is 3.04. The molecule has 0 unspecified atom stereocenters. The lowest BCUT2D eigenvalue weighted by molar-refractivity contribution is -0.147. The van der Waals surface area contributed by atoms with Gasteiger partial charge in [-0.1, -0.05) is 18.2 Å². The van der Waals surface area contributed by atoms with Gasteiger partial charge in [-0.05, 0) is 61.4 Å². The van der Waals surface area contributed by atoms with Gasteiger partial charge < -0.3 is 29.6 Å². The molecule has 0 aliphatic carbocycles. The zero-order chi connectivity index (χ0) is 26.8. The molecular formula is C28H30N2O7. The number of ether oxygens (including phenoxy) is 4. The molecule has 0 aliphatic rings. The van der Waals surface area contributed by atoms with Crippen molar-refractivity contribution < 1.29 is 33.3 Å². The molecule has 3 rings (SSSR count). The average Bonchev–Trinajstić information content (AvgIpc) is 2.89. The van der Waals surface area contributed by atoms with Gasteiger partial charge in [0, 0.05) is 18.2 Å². The molecule has 0 radical (unpaired) electrons. The van der Waals surface area contributed by atoms with Crippen LogP contribution in [-0.4, -0.2) is 38.6 Å². The van der Waals surface area contributed by atoms with Crippen molar-refractivity contribution in [3.05, 3.63) is 71.8 Å². The fourth-order valence-corrected chi connectivity index (χ4v) is 3.43. The summed E-state index contributed by atoms with van der Waals surface area (Å²) in [7, 11) is 2.98. The number of methoxy groups -OCH3 is 2. The molecule has 37 heavy (non-hydrogen) atoms. The van der Waals surface area contributed by atoms with Crippen LogP contribution in [0, 0.1) is 13.8 Å². The smallest absolute Gasteiger partial charge is 0.306 e. The van der Waals surface area contributed by atoms with Crippen LogP contribution in [0.4, 0.5) is 11.4 Å². The Hall–Kier alpha value is -4.53. The van der Waals surface area contributed by atoms with Crippen molar-refractivity contribution in [1.29, 1.82) is 0 Å². The summed E-state index contributed by atoms with van der Waals surface area (Å²) in [6.07, 6.45) is -0.258. The van der Waals surface area contributed by atoms with E-state index in [1.165, 1.54) is 14.2 Å². The number of nitrogens with one attached hydrogen (secondary N) is 2. The summed E-state index contributed by atoms with van der Waals surface area (Å²) < 4.78 is 21.3. The molecule has 9 heteroatoms. The number of carbonyl (C=O) groups excluding carboxylic acids is 3. The SMILES string of the molecule is COc1ccc(NC(=O)COC(=O)CCC(=O)Nc2ccc(Oc3c(C)cccc3C)cc2)c(OC)c1. The normalized spacial score (nSPS) is 10.3. The van der Waals surface area contributed by atoms with E-state index in [9.17, 15) is 14.4 Å². The van der Waals surface area contributed by atoms with Crippen LogP contribution in [0.3, 0.4) is 0 Å². The maximum Gasteiger partial charge on any atom is 0.306 e. The maximum atomic E-state index is 12.2. The molecule has 0 aliphatic heterocycles. The van der Waals surface area contributed by atoms with Gasteiger partial charge in [0.2, 0.25) is 5.91 Å². The van der Waals surface area contributed by atoms with Crippen molar-refractivity contribution in [3.8, 4) is 23.0 Å². The summed E-state index contributed by atoms with van der Waals surface area (Å²) in [4.78, 5) is 36.4. The first-order valence-electron chi connectivity index (χ1n) is 11.6. The fraction of sp³-hybridized carbons (Fsp3) is 0.250. The van der Waals surface area contributed by atoms with Gasteiger partial charge >= 0.3 is 5.97 Å². The topological polar surface area (TPSA) is 112 Å². The fourth-order valence-electron chi connectivity index (χ4n) is 3.43. The number of benzene rings is 3. The van der Waals surface area contributed by atoms with E-state index in [1.807, 2.05) is 32.0 Å². The lowest BCUT2D eigenvalue weighted by Gasteiger charge is -2.12. The van der Waals surface area contributed by atoms with E-state index in [1.54, 1.807) is 42.5 Å². The third kappa shape index (κ3) is 7.99. The number of hydrogen-bond donors (Lipinski definition) is 2. The highest BCUT2D eigenvalue weighted by Gasteiger charge is 2.13. The van der Waals surface area contributed by atoms with E-state index >= 15 is 0 Å². The van der Waals surface area contributed by atoms with Crippen LogP contribution in [0.2, 0.25) is 0 Å². The van der Waals surface area contributed by atoms with Crippen molar-refractivity contribution >= 4 is 29.2 Å². The predicted molar refractivity (Wildman–Crippen MR) is 139 cm³/mol. The lowest BCUT2D eigenvalue weighted by atomic mass is 10.1. The second kappa shape index (κ2) is 13.0. The lowest BCUT2D eigenvalue weighted by Crippen LogP contribution is -2.22. The van der Waals surface area contributed by atoms with Gasteiger partial charge in [0.1, 0.15) is 23.0 Å². The van der Waals surface area contributed by atoms with Crippen LogP contribution < -0.4 is 24.8 Å². The van der Waals surface area contributed by atoms with Crippen LogP contribution in [0.15, 0.2) is 60.7 Å². The molecule has 0 aromatic heterocycles. The monoisotopic (exact) mass is 506 g/mol. The molecule has 2 amide bonds. The molecular weight excluding hydrogens is 476 g/mol. The summed E-state index contributed by atoms with van der Waals surface area (Å²) in [5.74, 6) is 0.863. The third-order valence-electron chi connectivity index (χ3n) is 5.37. The maximum absolute atomic E-state index is 12.2. The minimum atomic E-state index is -0.663. The number of rotatable bonds is 11. The Morgan fingerprint density at radius 1 is 0.757 bits per heavy atom. The molecule has 0 fully saturated rings. The molecule has 0 atom stereocenters. The number of anilines is 2. The van der Waals surface area contributed by atoms with E-state index in [0.717, 1.165) is 16.9 Å². The Bertz CT molecular complexity index is 1240. The van der Waals surface area contributed by atoms with Gasteiger partial charge in [-0.2, -0.15) is 0 Å². The first-order valence-corrected chi connectivity index (χ1v) is 11.6. The largest absolute Gasteiger partial charge is 0.497 e. The number of carbonyl (C=O) groups is 3. The molecule has 2 N–H and O–H groups in total. The van der Waals surface area contributed by atoms with E-state index in [4.69, 9.17) is 18.9 Å². The van der Waals surface area contributed by atoms with Crippen LogP contribution in [-0.2, 0) is 19.1 Å². The van der Waals surface area contributed by atoms with Crippen LogP contribution >= 0.6 is 0 Å². The highest BCUT2D eigenvalue weighted by atomic mass is 16.5. The molecule has 0 bridgehead atoms. The van der Waals surface area contributed by atoms with Crippen LogP contribution in [0.1, 0.15) is 24.0 Å². The van der Waals surface area contributed by atoms with Crippen molar-refractivity contribution in [2.24, 2.45) is 0 Å². The Labute approximate surface area is 215 Å². The van der Waals surface area contributed by atoms with Crippen molar-refractivity contribution in [2.45, 2.75) is 26.7 Å². The summed E-state index contributed by atoms with van der Waals surface area (Å²) in [6.45, 7) is 3.47. The van der Waals surface area contributed by atoms with Gasteiger partial charge in [0.05, 0.1) is 26.3 Å². The Morgan fingerprint density at radius 3 is 2.08 bits per heavy atom. The highest BCUT2D eigenvalue weighted by molar-refractivity contribution is 5.95. The van der Waals surface area contributed by atoms with Gasteiger partial charge in [-0.3, -0.25) is 14.4 Å². The molecule has 194 valence electrons. The zero-order valence-corrected chi connectivity index (χ0v) is 21.3. The number of amides is 2. The first-order chi connectivity index (χ1) is 17.8. The van der Waals surface area contributed by atoms with E-state index < -0.39 is 18.5 Å². The molecule has 3 aromatic rings. The number of aryl methyl sites for hydroxylation is 2. The van der Waals surface area contributed by atoms with Crippen LogP contribution in [0.25, 0.3) is 0 Å². The summed E-state index contributed by atoms with van der Waals surface area (Å²) in [5, 5.41) is 5.33. The van der Waals surface area contributed by atoms with E-state index in [2.05, 4.69) is 10.6 Å². The predicted octanol–water partition coefficient (Wildman–Crippen LogP) is 5.01. The first kappa shape index (κ1) is 27.1. The number of hydrogen-bond acceptors (Lipinski definition) is 7. The van der Waals surface area contributed by atoms with Gasteiger partial charge in [-0.25, -0.2) is 0 Å². The van der Waals surface area contributed by atoms with Gasteiger partial charge in [0.25, 0.3) is 5.91 Å². The van der Waals surface area contributed by atoms with E-state index in [-0.39, 0.29) is 18.7 Å². The molecule has 0 spiro atoms. The minimum absolute atomic E-state index is 0.0899. The molecule has 3 aromatic carbocycles. The number of esters is 1. The minimum Gasteiger partial charge on any atom is -0.497 e. The van der Waals surface area contributed by atoms with Gasteiger partial charge in [0.15, 0.2) is 6.61 Å². The molecule has 0 saturated heterocycles.